The first-order valence-electron chi connectivity index (χ1n) is 5.74. The van der Waals surface area contributed by atoms with Crippen molar-refractivity contribution >= 4 is 34.6 Å². The molecule has 0 saturated heterocycles. The minimum absolute atomic E-state index is 0.113. The number of benzene rings is 1. The quantitative estimate of drug-likeness (QED) is 0.631. The molecule has 0 spiro atoms. The first-order chi connectivity index (χ1) is 9.35. The lowest BCUT2D eigenvalue weighted by Gasteiger charge is -2.13. The van der Waals surface area contributed by atoms with E-state index < -0.39 is 5.97 Å². The van der Waals surface area contributed by atoms with Crippen LogP contribution in [0.3, 0.4) is 0 Å². The molecule has 0 heterocycles. The van der Waals surface area contributed by atoms with Crippen LogP contribution in [0.15, 0.2) is 17.0 Å². The van der Waals surface area contributed by atoms with Gasteiger partial charge in [0.1, 0.15) is 5.75 Å². The molecule has 5 nitrogen and oxygen atoms in total. The van der Waals surface area contributed by atoms with Crippen molar-refractivity contribution < 1.29 is 19.1 Å². The van der Waals surface area contributed by atoms with Crippen LogP contribution in [0.5, 0.6) is 5.75 Å². The summed E-state index contributed by atoms with van der Waals surface area (Å²) in [5.41, 5.74) is 0.803. The number of carbonyl (C=O) groups is 2. The Labute approximate surface area is 127 Å². The summed E-state index contributed by atoms with van der Waals surface area (Å²) in [6.07, 6.45) is 0. The third-order valence-corrected chi connectivity index (χ3v) is 4.04. The lowest BCUT2D eigenvalue weighted by Crippen LogP contribution is -2.16. The van der Waals surface area contributed by atoms with E-state index >= 15 is 0 Å². The van der Waals surface area contributed by atoms with Gasteiger partial charge in [0, 0.05) is 19.0 Å². The van der Waals surface area contributed by atoms with Crippen molar-refractivity contribution in [3.8, 4) is 5.75 Å². The third-order valence-electron chi connectivity index (χ3n) is 2.34. The first kappa shape index (κ1) is 16.7. The molecule has 0 aliphatic heterocycles. The summed E-state index contributed by atoms with van der Waals surface area (Å²) in [6.45, 7) is 1.64. The Morgan fingerprint density at radius 1 is 1.35 bits per heavy atom. The van der Waals surface area contributed by atoms with Gasteiger partial charge < -0.3 is 14.4 Å². The van der Waals surface area contributed by atoms with E-state index in [1.54, 1.807) is 26.2 Å². The van der Waals surface area contributed by atoms with Gasteiger partial charge in [-0.15, -0.1) is 0 Å². The van der Waals surface area contributed by atoms with Crippen LogP contribution in [0.1, 0.15) is 5.56 Å². The number of thioether (sulfide) groups is 1. The fourth-order valence-corrected chi connectivity index (χ4v) is 2.40. The largest absolute Gasteiger partial charge is 0.482 e. The van der Waals surface area contributed by atoms with Gasteiger partial charge in [-0.25, -0.2) is 4.79 Å². The summed E-state index contributed by atoms with van der Waals surface area (Å²) >= 11 is 7.20. The molecular formula is C13H16ClNO4S. The summed E-state index contributed by atoms with van der Waals surface area (Å²) in [5, 5.41) is 0.295. The number of hydrogen-bond acceptors (Lipinski definition) is 5. The van der Waals surface area contributed by atoms with E-state index in [0.29, 0.717) is 15.7 Å². The Bertz CT molecular complexity index is 496. The van der Waals surface area contributed by atoms with Gasteiger partial charge in [0.2, 0.25) is 0 Å². The Morgan fingerprint density at radius 3 is 2.50 bits per heavy atom. The fourth-order valence-electron chi connectivity index (χ4n) is 1.29. The molecule has 0 fully saturated rings. The molecule has 0 atom stereocenters. The monoisotopic (exact) mass is 317 g/mol. The molecule has 1 aromatic carbocycles. The van der Waals surface area contributed by atoms with E-state index in [-0.39, 0.29) is 11.8 Å². The molecule has 110 valence electrons. The topological polar surface area (TPSA) is 55.8 Å². The highest BCUT2D eigenvalue weighted by atomic mass is 35.5. The van der Waals surface area contributed by atoms with E-state index in [1.165, 1.54) is 12.0 Å². The summed E-state index contributed by atoms with van der Waals surface area (Å²) in [4.78, 5) is 24.9. The minimum atomic E-state index is -0.472. The zero-order chi connectivity index (χ0) is 15.3. The van der Waals surface area contributed by atoms with Crippen LogP contribution in [0.4, 0.5) is 4.79 Å². The number of esters is 1. The van der Waals surface area contributed by atoms with Crippen molar-refractivity contribution in [3.63, 3.8) is 0 Å². The van der Waals surface area contributed by atoms with Crippen LogP contribution in [0.2, 0.25) is 5.02 Å². The minimum Gasteiger partial charge on any atom is -0.482 e. The second-order valence-electron chi connectivity index (χ2n) is 4.18. The van der Waals surface area contributed by atoms with Crippen molar-refractivity contribution in [2.24, 2.45) is 0 Å². The normalized spacial score (nSPS) is 10.1. The molecule has 1 rings (SSSR count). The molecule has 0 aliphatic rings. The molecule has 7 heteroatoms. The van der Waals surface area contributed by atoms with E-state index in [2.05, 4.69) is 4.74 Å². The van der Waals surface area contributed by atoms with E-state index in [4.69, 9.17) is 16.3 Å². The van der Waals surface area contributed by atoms with Gasteiger partial charge in [0.05, 0.1) is 12.1 Å². The molecule has 1 aromatic rings. The van der Waals surface area contributed by atoms with Gasteiger partial charge in [-0.2, -0.15) is 0 Å². The smallest absolute Gasteiger partial charge is 0.343 e. The molecular weight excluding hydrogens is 302 g/mol. The number of hydrogen-bond donors (Lipinski definition) is 0. The number of aryl methyl sites for hydroxylation is 1. The van der Waals surface area contributed by atoms with Crippen LogP contribution < -0.4 is 4.74 Å². The van der Waals surface area contributed by atoms with Crippen LogP contribution in [0, 0.1) is 6.92 Å². The van der Waals surface area contributed by atoms with Crippen molar-refractivity contribution in [2.75, 3.05) is 27.8 Å². The standard InChI is InChI=1S/C13H16ClNO4S/c1-8-5-9(19-7-11(16)18-4)6-10(14)12(8)20-13(17)15(2)3/h5-6H,7H2,1-4H3. The van der Waals surface area contributed by atoms with E-state index in [0.717, 1.165) is 17.3 Å². The summed E-state index contributed by atoms with van der Waals surface area (Å²) in [5.74, 6) is -0.0143. The second kappa shape index (κ2) is 7.40. The van der Waals surface area contributed by atoms with Crippen molar-refractivity contribution in [3.05, 3.63) is 22.7 Å². The highest BCUT2D eigenvalue weighted by Crippen LogP contribution is 2.35. The Balaban J connectivity index is 2.86. The molecule has 20 heavy (non-hydrogen) atoms. The van der Waals surface area contributed by atoms with Gasteiger partial charge in [0.25, 0.3) is 5.24 Å². The molecule has 0 unspecified atom stereocenters. The number of ether oxygens (including phenoxy) is 2. The van der Waals surface area contributed by atoms with Crippen LogP contribution >= 0.6 is 23.4 Å². The molecule has 0 saturated carbocycles. The maximum atomic E-state index is 11.7. The third kappa shape index (κ3) is 4.61. The van der Waals surface area contributed by atoms with Gasteiger partial charge in [-0.05, 0) is 36.4 Å². The van der Waals surface area contributed by atoms with Gasteiger partial charge in [-0.3, -0.25) is 4.79 Å². The Hall–Kier alpha value is -1.40. The summed E-state index contributed by atoms with van der Waals surface area (Å²) in [7, 11) is 4.63. The molecule has 0 bridgehead atoms. The number of methoxy groups -OCH3 is 1. The fraction of sp³-hybridized carbons (Fsp3) is 0.385. The highest BCUT2D eigenvalue weighted by molar-refractivity contribution is 8.13. The van der Waals surface area contributed by atoms with Gasteiger partial charge in [-0.1, -0.05) is 11.6 Å². The van der Waals surface area contributed by atoms with Crippen LogP contribution in [-0.4, -0.2) is 43.9 Å². The first-order valence-corrected chi connectivity index (χ1v) is 6.93. The second-order valence-corrected chi connectivity index (χ2v) is 5.55. The SMILES string of the molecule is COC(=O)COc1cc(C)c(SC(=O)N(C)C)c(Cl)c1. The molecule has 0 aliphatic carbocycles. The Kier molecular flexibility index (Phi) is 6.16. The zero-order valence-corrected chi connectivity index (χ0v) is 13.3. The van der Waals surface area contributed by atoms with Crippen molar-refractivity contribution in [2.45, 2.75) is 11.8 Å². The maximum Gasteiger partial charge on any atom is 0.343 e. The van der Waals surface area contributed by atoms with Gasteiger partial charge >= 0.3 is 5.97 Å². The van der Waals surface area contributed by atoms with Crippen molar-refractivity contribution in [1.82, 2.24) is 4.90 Å². The molecule has 0 radical (unpaired) electrons. The number of rotatable bonds is 4. The number of amides is 1. The zero-order valence-electron chi connectivity index (χ0n) is 11.7. The maximum absolute atomic E-state index is 11.7. The summed E-state index contributed by atoms with van der Waals surface area (Å²) < 4.78 is 9.75. The molecule has 0 aromatic heterocycles. The number of carbonyl (C=O) groups excluding carboxylic acids is 2. The predicted molar refractivity (Wildman–Crippen MR) is 78.6 cm³/mol. The Morgan fingerprint density at radius 2 is 2.00 bits per heavy atom. The van der Waals surface area contributed by atoms with Crippen molar-refractivity contribution in [1.29, 1.82) is 0 Å². The number of nitrogens with zero attached hydrogens (tertiary/aromatic N) is 1. The van der Waals surface area contributed by atoms with Crippen LogP contribution in [-0.2, 0) is 9.53 Å². The summed E-state index contributed by atoms with van der Waals surface area (Å²) in [6, 6.07) is 3.29. The van der Waals surface area contributed by atoms with Crippen LogP contribution in [0.25, 0.3) is 0 Å². The predicted octanol–water partition coefficient (Wildman–Crippen LogP) is 2.97. The molecule has 0 N–H and O–H groups in total. The lowest BCUT2D eigenvalue weighted by molar-refractivity contribution is -0.142. The highest BCUT2D eigenvalue weighted by Gasteiger charge is 2.14. The average Bonchev–Trinajstić information content (AvgIpc) is 2.39. The average molecular weight is 318 g/mol. The lowest BCUT2D eigenvalue weighted by atomic mass is 10.2. The van der Waals surface area contributed by atoms with E-state index in [9.17, 15) is 9.59 Å². The number of halogens is 1. The van der Waals surface area contributed by atoms with Gasteiger partial charge in [0.15, 0.2) is 6.61 Å². The molecule has 1 amide bonds. The van der Waals surface area contributed by atoms with E-state index in [1.807, 2.05) is 6.92 Å².